The Balaban J connectivity index is 2.31. The molecule has 0 radical (unpaired) electrons. The van der Waals surface area contributed by atoms with Gasteiger partial charge in [-0.3, -0.25) is 10.9 Å². The molecule has 13 heavy (non-hydrogen) atoms. The fraction of sp³-hybridized carbons (Fsp3) is 0.818. The number of rotatable bonds is 1. The molecule has 1 aliphatic heterocycles. The largest absolute Gasteiger partial charge is 0.258 e. The van der Waals surface area contributed by atoms with Crippen molar-refractivity contribution in [3.05, 3.63) is 11.6 Å². The normalized spacial score (nSPS) is 25.8. The lowest BCUT2D eigenvalue weighted by Crippen LogP contribution is -2.33. The SMILES string of the molecule is CC/C1=C/CCCNNCCCC1. The average Bonchev–Trinajstić information content (AvgIpc) is 2.22. The molecule has 0 aromatic carbocycles. The minimum Gasteiger partial charge on any atom is -0.258 e. The van der Waals surface area contributed by atoms with Crippen LogP contribution in [-0.2, 0) is 0 Å². The molecular formula is C11H22N2. The van der Waals surface area contributed by atoms with Gasteiger partial charge < -0.3 is 0 Å². The zero-order valence-corrected chi connectivity index (χ0v) is 8.73. The van der Waals surface area contributed by atoms with E-state index in [1.165, 1.54) is 38.5 Å². The third-order valence-electron chi connectivity index (χ3n) is 2.57. The fourth-order valence-corrected chi connectivity index (χ4v) is 1.66. The molecule has 2 nitrogen and oxygen atoms in total. The monoisotopic (exact) mass is 182 g/mol. The van der Waals surface area contributed by atoms with Gasteiger partial charge in [-0.05, 0) is 38.5 Å². The van der Waals surface area contributed by atoms with Gasteiger partial charge in [-0.2, -0.15) is 0 Å². The van der Waals surface area contributed by atoms with Crippen molar-refractivity contribution in [3.8, 4) is 0 Å². The predicted molar refractivity (Wildman–Crippen MR) is 57.5 cm³/mol. The highest BCUT2D eigenvalue weighted by Gasteiger charge is 1.97. The maximum Gasteiger partial charge on any atom is 0.0103 e. The summed E-state index contributed by atoms with van der Waals surface area (Å²) >= 11 is 0. The predicted octanol–water partition coefficient (Wildman–Crippen LogP) is 2.38. The van der Waals surface area contributed by atoms with Gasteiger partial charge >= 0.3 is 0 Å². The first kappa shape index (κ1) is 10.7. The quantitative estimate of drug-likeness (QED) is 0.608. The lowest BCUT2D eigenvalue weighted by Gasteiger charge is -2.04. The van der Waals surface area contributed by atoms with Crippen molar-refractivity contribution in [1.82, 2.24) is 10.9 Å². The van der Waals surface area contributed by atoms with Crippen LogP contribution < -0.4 is 10.9 Å². The van der Waals surface area contributed by atoms with Gasteiger partial charge in [0.1, 0.15) is 0 Å². The second kappa shape index (κ2) is 7.10. The zero-order chi connectivity index (χ0) is 9.36. The van der Waals surface area contributed by atoms with E-state index in [4.69, 9.17) is 0 Å². The van der Waals surface area contributed by atoms with Crippen LogP contribution in [0.2, 0.25) is 0 Å². The Morgan fingerprint density at radius 1 is 1.15 bits per heavy atom. The standard InChI is InChI=1S/C11H22N2/c1-2-11-7-3-5-9-12-13-10-6-4-8-11/h7,12-13H,2-6,8-10H2,1H3/b11-7-. The lowest BCUT2D eigenvalue weighted by molar-refractivity contribution is 0.508. The second-order valence-corrected chi connectivity index (χ2v) is 3.67. The Labute approximate surface area is 81.8 Å². The third kappa shape index (κ3) is 5.06. The molecule has 0 fully saturated rings. The summed E-state index contributed by atoms with van der Waals surface area (Å²) in [5, 5.41) is 0. The van der Waals surface area contributed by atoms with E-state index in [0.29, 0.717) is 0 Å². The molecule has 1 heterocycles. The summed E-state index contributed by atoms with van der Waals surface area (Å²) < 4.78 is 0. The highest BCUT2D eigenvalue weighted by molar-refractivity contribution is 5.01. The van der Waals surface area contributed by atoms with E-state index < -0.39 is 0 Å². The molecule has 76 valence electrons. The van der Waals surface area contributed by atoms with Crippen LogP contribution in [0.3, 0.4) is 0 Å². The van der Waals surface area contributed by atoms with E-state index in [1.807, 2.05) is 0 Å². The summed E-state index contributed by atoms with van der Waals surface area (Å²) in [6.45, 7) is 4.46. The van der Waals surface area contributed by atoms with E-state index in [9.17, 15) is 0 Å². The van der Waals surface area contributed by atoms with Crippen LogP contribution in [-0.4, -0.2) is 13.1 Å². The van der Waals surface area contributed by atoms with Crippen LogP contribution in [0.15, 0.2) is 11.6 Å². The number of hydrazine groups is 1. The summed E-state index contributed by atoms with van der Waals surface area (Å²) in [5.74, 6) is 0. The lowest BCUT2D eigenvalue weighted by atomic mass is 10.0. The molecule has 2 N–H and O–H groups in total. The molecule has 2 heteroatoms. The molecule has 0 aromatic heterocycles. The van der Waals surface area contributed by atoms with Crippen molar-refractivity contribution in [1.29, 1.82) is 0 Å². The van der Waals surface area contributed by atoms with Gasteiger partial charge in [0.25, 0.3) is 0 Å². The van der Waals surface area contributed by atoms with Crippen LogP contribution >= 0.6 is 0 Å². The summed E-state index contributed by atoms with van der Waals surface area (Å²) in [4.78, 5) is 0. The highest BCUT2D eigenvalue weighted by atomic mass is 15.3. The topological polar surface area (TPSA) is 24.1 Å². The Bertz CT molecular complexity index is 152. The molecule has 1 rings (SSSR count). The first-order valence-corrected chi connectivity index (χ1v) is 5.57. The van der Waals surface area contributed by atoms with Gasteiger partial charge in [-0.25, -0.2) is 0 Å². The van der Waals surface area contributed by atoms with Gasteiger partial charge in [0.05, 0.1) is 0 Å². The second-order valence-electron chi connectivity index (χ2n) is 3.67. The zero-order valence-electron chi connectivity index (χ0n) is 8.73. The average molecular weight is 182 g/mol. The Kier molecular flexibility index (Phi) is 5.87. The minimum atomic E-state index is 1.09. The third-order valence-corrected chi connectivity index (χ3v) is 2.57. The van der Waals surface area contributed by atoms with E-state index in [2.05, 4.69) is 23.9 Å². The van der Waals surface area contributed by atoms with Crippen LogP contribution in [0.25, 0.3) is 0 Å². The van der Waals surface area contributed by atoms with E-state index in [1.54, 1.807) is 5.57 Å². The summed E-state index contributed by atoms with van der Waals surface area (Å²) in [5.41, 5.74) is 8.13. The summed E-state index contributed by atoms with van der Waals surface area (Å²) in [6, 6.07) is 0. The summed E-state index contributed by atoms with van der Waals surface area (Å²) in [7, 11) is 0. The van der Waals surface area contributed by atoms with Gasteiger partial charge in [0, 0.05) is 13.1 Å². The Morgan fingerprint density at radius 2 is 1.92 bits per heavy atom. The van der Waals surface area contributed by atoms with Crippen LogP contribution in [0, 0.1) is 0 Å². The van der Waals surface area contributed by atoms with E-state index in [0.717, 1.165) is 13.1 Å². The van der Waals surface area contributed by atoms with E-state index in [-0.39, 0.29) is 0 Å². The number of allylic oxidation sites excluding steroid dienone is 2. The van der Waals surface area contributed by atoms with Gasteiger partial charge in [0.2, 0.25) is 0 Å². The van der Waals surface area contributed by atoms with Crippen molar-refractivity contribution in [2.24, 2.45) is 0 Å². The molecule has 0 aliphatic carbocycles. The first-order chi connectivity index (χ1) is 6.43. The van der Waals surface area contributed by atoms with Crippen LogP contribution in [0.5, 0.6) is 0 Å². The van der Waals surface area contributed by atoms with Gasteiger partial charge in [-0.15, -0.1) is 0 Å². The van der Waals surface area contributed by atoms with Crippen LogP contribution in [0.1, 0.15) is 45.4 Å². The first-order valence-electron chi connectivity index (χ1n) is 5.57. The van der Waals surface area contributed by atoms with Crippen molar-refractivity contribution in [2.45, 2.75) is 45.4 Å². The van der Waals surface area contributed by atoms with Crippen molar-refractivity contribution < 1.29 is 0 Å². The van der Waals surface area contributed by atoms with Crippen molar-refractivity contribution in [2.75, 3.05) is 13.1 Å². The smallest absolute Gasteiger partial charge is 0.0103 e. The molecule has 0 atom stereocenters. The molecule has 0 saturated carbocycles. The van der Waals surface area contributed by atoms with Gasteiger partial charge in [-0.1, -0.05) is 18.6 Å². The molecule has 0 spiro atoms. The number of nitrogens with one attached hydrogen (secondary N) is 2. The molecule has 0 amide bonds. The molecule has 0 aromatic rings. The van der Waals surface area contributed by atoms with Crippen molar-refractivity contribution >= 4 is 0 Å². The molecule has 0 saturated heterocycles. The Morgan fingerprint density at radius 3 is 2.69 bits per heavy atom. The van der Waals surface area contributed by atoms with Crippen LogP contribution in [0.4, 0.5) is 0 Å². The van der Waals surface area contributed by atoms with Crippen molar-refractivity contribution in [3.63, 3.8) is 0 Å². The van der Waals surface area contributed by atoms with Gasteiger partial charge in [0.15, 0.2) is 0 Å². The maximum absolute atomic E-state index is 3.24. The number of hydrogen-bond acceptors (Lipinski definition) is 2. The molecule has 0 bridgehead atoms. The molecule has 0 unspecified atom stereocenters. The maximum atomic E-state index is 3.24. The highest BCUT2D eigenvalue weighted by Crippen LogP contribution is 2.12. The van der Waals surface area contributed by atoms with E-state index >= 15 is 0 Å². The summed E-state index contributed by atoms with van der Waals surface area (Å²) in [6.07, 6.45) is 10.1. The molecular weight excluding hydrogens is 160 g/mol. The Hall–Kier alpha value is -0.340. The molecule has 1 aliphatic rings. The minimum absolute atomic E-state index is 1.09. The number of hydrogen-bond donors (Lipinski definition) is 2. The fourth-order valence-electron chi connectivity index (χ4n) is 1.66.